The lowest BCUT2D eigenvalue weighted by Gasteiger charge is -2.10. The normalized spacial score (nSPS) is 10.7. The van der Waals surface area contributed by atoms with Crippen molar-refractivity contribution in [1.82, 2.24) is 19.3 Å². The number of aromatic nitrogens is 4. The first-order valence-electron chi connectivity index (χ1n) is 7.85. The van der Waals surface area contributed by atoms with Gasteiger partial charge in [-0.3, -0.25) is 18.8 Å². The summed E-state index contributed by atoms with van der Waals surface area (Å²) in [4.78, 5) is 40.5. The molecule has 0 bridgehead atoms. The average molecular weight is 355 g/mol. The summed E-state index contributed by atoms with van der Waals surface area (Å²) in [7, 11) is 2.97. The van der Waals surface area contributed by atoms with Crippen molar-refractivity contribution in [3.05, 3.63) is 52.7 Å². The first-order chi connectivity index (χ1) is 12.5. The van der Waals surface area contributed by atoms with E-state index in [1.54, 1.807) is 31.3 Å². The summed E-state index contributed by atoms with van der Waals surface area (Å²) in [5, 5.41) is 7.06. The highest BCUT2D eigenvalue weighted by molar-refractivity contribution is 6.01. The molecule has 0 fully saturated rings. The molecule has 1 N–H and O–H groups in total. The van der Waals surface area contributed by atoms with Gasteiger partial charge in [-0.25, -0.2) is 9.78 Å². The van der Waals surface area contributed by atoms with Gasteiger partial charge in [0.2, 0.25) is 5.91 Å². The summed E-state index contributed by atoms with van der Waals surface area (Å²) in [6, 6.07) is 6.55. The first-order valence-corrected chi connectivity index (χ1v) is 7.85. The summed E-state index contributed by atoms with van der Waals surface area (Å²) in [6.07, 6.45) is 2.89. The molecule has 0 radical (unpaired) electrons. The number of amides is 1. The number of nitrogens with zero attached hydrogens (tertiary/aromatic N) is 4. The molecule has 0 aliphatic rings. The minimum atomic E-state index is -0.539. The Balaban J connectivity index is 1.71. The molecule has 1 amide bonds. The van der Waals surface area contributed by atoms with Crippen LogP contribution in [0.5, 0.6) is 0 Å². The molecule has 2 aromatic heterocycles. The number of fused-ring (bicyclic) bond motifs is 1. The number of methoxy groups -OCH3 is 1. The molecule has 0 unspecified atom stereocenters. The number of ether oxygens (including phenoxy) is 1. The van der Waals surface area contributed by atoms with Gasteiger partial charge in [0.25, 0.3) is 5.56 Å². The molecule has 1 aromatic carbocycles. The highest BCUT2D eigenvalue weighted by Crippen LogP contribution is 2.16. The van der Waals surface area contributed by atoms with Crippen LogP contribution in [0.4, 0.5) is 5.69 Å². The number of esters is 1. The average Bonchev–Trinajstić information content (AvgIpc) is 3.03. The van der Waals surface area contributed by atoms with Crippen LogP contribution in [0.2, 0.25) is 0 Å². The predicted octanol–water partition coefficient (Wildman–Crippen LogP) is 0.945. The van der Waals surface area contributed by atoms with Gasteiger partial charge in [0.15, 0.2) is 5.65 Å². The standard InChI is InChI=1S/C17H17N5O4/c1-21-15-12(9-19-21)16(24)22(10-18-15)8-7-14(23)20-13-6-4-3-5-11(13)17(25)26-2/h3-6,9-10H,7-8H2,1-2H3,(H,20,23). The molecule has 0 atom stereocenters. The Hall–Kier alpha value is -3.49. The molecule has 26 heavy (non-hydrogen) atoms. The molecule has 9 nitrogen and oxygen atoms in total. The van der Waals surface area contributed by atoms with Crippen molar-refractivity contribution >= 4 is 28.6 Å². The van der Waals surface area contributed by atoms with Gasteiger partial charge in [0.1, 0.15) is 5.39 Å². The number of aryl methyl sites for hydroxylation is 2. The van der Waals surface area contributed by atoms with Crippen LogP contribution in [-0.2, 0) is 23.1 Å². The Labute approximate surface area is 148 Å². The van der Waals surface area contributed by atoms with Crippen LogP contribution >= 0.6 is 0 Å². The number of anilines is 1. The number of nitrogens with one attached hydrogen (secondary N) is 1. The molecule has 0 saturated carbocycles. The van der Waals surface area contributed by atoms with Crippen LogP contribution in [0.25, 0.3) is 11.0 Å². The number of para-hydroxylation sites is 1. The molecule has 9 heteroatoms. The van der Waals surface area contributed by atoms with E-state index in [-0.39, 0.29) is 30.0 Å². The zero-order chi connectivity index (χ0) is 18.7. The molecule has 0 aliphatic carbocycles. The smallest absolute Gasteiger partial charge is 0.339 e. The van der Waals surface area contributed by atoms with E-state index in [0.29, 0.717) is 16.7 Å². The Morgan fingerprint density at radius 2 is 2.04 bits per heavy atom. The second-order valence-corrected chi connectivity index (χ2v) is 5.58. The van der Waals surface area contributed by atoms with Gasteiger partial charge in [-0.1, -0.05) is 12.1 Å². The predicted molar refractivity (Wildman–Crippen MR) is 93.8 cm³/mol. The van der Waals surface area contributed by atoms with E-state index in [0.717, 1.165) is 0 Å². The van der Waals surface area contributed by atoms with Gasteiger partial charge >= 0.3 is 5.97 Å². The highest BCUT2D eigenvalue weighted by Gasteiger charge is 2.14. The van der Waals surface area contributed by atoms with E-state index >= 15 is 0 Å². The lowest BCUT2D eigenvalue weighted by atomic mass is 10.1. The maximum Gasteiger partial charge on any atom is 0.339 e. The molecule has 3 rings (SSSR count). The zero-order valence-electron chi connectivity index (χ0n) is 14.3. The van der Waals surface area contributed by atoms with Gasteiger partial charge < -0.3 is 10.1 Å². The van der Waals surface area contributed by atoms with E-state index in [1.807, 2.05) is 0 Å². The van der Waals surface area contributed by atoms with E-state index in [1.165, 1.54) is 28.9 Å². The third kappa shape index (κ3) is 3.32. The topological polar surface area (TPSA) is 108 Å². The Kier molecular flexibility index (Phi) is 4.78. The summed E-state index contributed by atoms with van der Waals surface area (Å²) >= 11 is 0. The van der Waals surface area contributed by atoms with E-state index in [9.17, 15) is 14.4 Å². The fourth-order valence-electron chi connectivity index (χ4n) is 2.54. The second-order valence-electron chi connectivity index (χ2n) is 5.58. The van der Waals surface area contributed by atoms with Crippen LogP contribution in [0.15, 0.2) is 41.6 Å². The molecule has 2 heterocycles. The van der Waals surface area contributed by atoms with Crippen LogP contribution in [0, 0.1) is 0 Å². The SMILES string of the molecule is COC(=O)c1ccccc1NC(=O)CCn1cnc2c(cnn2C)c1=O. The molecular formula is C17H17N5O4. The zero-order valence-corrected chi connectivity index (χ0v) is 14.3. The number of carbonyl (C=O) groups is 2. The van der Waals surface area contributed by atoms with Gasteiger partial charge in [0.05, 0.1) is 30.9 Å². The van der Waals surface area contributed by atoms with E-state index in [4.69, 9.17) is 4.74 Å². The summed E-state index contributed by atoms with van der Waals surface area (Å²) in [6.45, 7) is 0.156. The summed E-state index contributed by atoms with van der Waals surface area (Å²) in [5.74, 6) is -0.872. The van der Waals surface area contributed by atoms with Crippen LogP contribution in [0.1, 0.15) is 16.8 Å². The van der Waals surface area contributed by atoms with Crippen molar-refractivity contribution < 1.29 is 14.3 Å². The van der Waals surface area contributed by atoms with Gasteiger partial charge in [-0.15, -0.1) is 0 Å². The highest BCUT2D eigenvalue weighted by atomic mass is 16.5. The lowest BCUT2D eigenvalue weighted by molar-refractivity contribution is -0.116. The third-order valence-electron chi connectivity index (χ3n) is 3.90. The van der Waals surface area contributed by atoms with Gasteiger partial charge in [-0.05, 0) is 12.1 Å². The number of rotatable bonds is 5. The van der Waals surface area contributed by atoms with Crippen LogP contribution < -0.4 is 10.9 Å². The monoisotopic (exact) mass is 355 g/mol. The third-order valence-corrected chi connectivity index (χ3v) is 3.90. The summed E-state index contributed by atoms with van der Waals surface area (Å²) in [5.41, 5.74) is 0.852. The Morgan fingerprint density at radius 3 is 2.81 bits per heavy atom. The van der Waals surface area contributed by atoms with Crippen LogP contribution in [0.3, 0.4) is 0 Å². The fourth-order valence-corrected chi connectivity index (χ4v) is 2.54. The molecule has 0 saturated heterocycles. The maximum atomic E-state index is 12.4. The van der Waals surface area contributed by atoms with Gasteiger partial charge in [0, 0.05) is 20.0 Å². The summed E-state index contributed by atoms with van der Waals surface area (Å²) < 4.78 is 7.56. The van der Waals surface area contributed by atoms with Crippen LogP contribution in [-0.4, -0.2) is 38.3 Å². The molecule has 0 spiro atoms. The largest absolute Gasteiger partial charge is 0.465 e. The Bertz CT molecular complexity index is 1040. The number of benzene rings is 1. The fraction of sp³-hybridized carbons (Fsp3) is 0.235. The van der Waals surface area contributed by atoms with E-state index < -0.39 is 5.97 Å². The number of carbonyl (C=O) groups excluding carboxylic acids is 2. The van der Waals surface area contributed by atoms with Crippen molar-refractivity contribution in [2.75, 3.05) is 12.4 Å². The Morgan fingerprint density at radius 1 is 1.27 bits per heavy atom. The maximum absolute atomic E-state index is 12.4. The van der Waals surface area contributed by atoms with E-state index in [2.05, 4.69) is 15.4 Å². The van der Waals surface area contributed by atoms with Gasteiger partial charge in [-0.2, -0.15) is 5.10 Å². The lowest BCUT2D eigenvalue weighted by Crippen LogP contribution is -2.24. The molecule has 3 aromatic rings. The second kappa shape index (κ2) is 7.18. The first kappa shape index (κ1) is 17.3. The quantitative estimate of drug-likeness (QED) is 0.683. The van der Waals surface area contributed by atoms with Crippen molar-refractivity contribution in [2.24, 2.45) is 7.05 Å². The van der Waals surface area contributed by atoms with Crippen molar-refractivity contribution in [1.29, 1.82) is 0 Å². The molecule has 134 valence electrons. The minimum Gasteiger partial charge on any atom is -0.465 e. The number of hydrogen-bond acceptors (Lipinski definition) is 6. The minimum absolute atomic E-state index is 0.0445. The molecular weight excluding hydrogens is 338 g/mol. The van der Waals surface area contributed by atoms with Crippen molar-refractivity contribution in [3.8, 4) is 0 Å². The van der Waals surface area contributed by atoms with Crippen molar-refractivity contribution in [3.63, 3.8) is 0 Å². The van der Waals surface area contributed by atoms with Crippen molar-refractivity contribution in [2.45, 2.75) is 13.0 Å². The number of hydrogen-bond donors (Lipinski definition) is 1. The molecule has 0 aliphatic heterocycles.